The second-order valence-electron chi connectivity index (χ2n) is 4.03. The summed E-state index contributed by atoms with van der Waals surface area (Å²) in [5, 5.41) is 9.66. The molecule has 0 spiro atoms. The van der Waals surface area contributed by atoms with Crippen LogP contribution in [0, 0.1) is 0 Å². The summed E-state index contributed by atoms with van der Waals surface area (Å²) in [5.74, 6) is -0.591. The van der Waals surface area contributed by atoms with E-state index in [0.29, 0.717) is 13.0 Å². The zero-order chi connectivity index (χ0) is 10.8. The Labute approximate surface area is 84.2 Å². The highest BCUT2D eigenvalue weighted by Gasteiger charge is 2.37. The van der Waals surface area contributed by atoms with Crippen LogP contribution in [0.1, 0.15) is 33.6 Å². The Bertz CT molecular complexity index is 212. The second-order valence-corrected chi connectivity index (χ2v) is 4.03. The summed E-state index contributed by atoms with van der Waals surface area (Å²) in [6.07, 6.45) is -0.515. The average molecular weight is 202 g/mol. The van der Waals surface area contributed by atoms with E-state index in [1.54, 1.807) is 20.8 Å². The molecule has 0 bridgehead atoms. The van der Waals surface area contributed by atoms with Gasteiger partial charge >= 0.3 is 0 Å². The van der Waals surface area contributed by atoms with Gasteiger partial charge in [-0.3, -0.25) is 4.79 Å². The fourth-order valence-corrected chi connectivity index (χ4v) is 1.41. The van der Waals surface area contributed by atoms with Crippen molar-refractivity contribution >= 4 is 5.78 Å². The molecular weight excluding hydrogens is 184 g/mol. The summed E-state index contributed by atoms with van der Waals surface area (Å²) in [5.41, 5.74) is 0. The first-order valence-electron chi connectivity index (χ1n) is 4.96. The van der Waals surface area contributed by atoms with Crippen LogP contribution in [-0.2, 0) is 14.3 Å². The Kier molecular flexibility index (Phi) is 3.64. The van der Waals surface area contributed by atoms with E-state index < -0.39 is 11.9 Å². The van der Waals surface area contributed by atoms with Crippen LogP contribution in [0.2, 0.25) is 0 Å². The standard InChI is InChI=1S/C10H18O4/c1-4-7(11)5-8(12)9-6-13-10(2,3)14-9/h8-9,12H,4-6H2,1-3H3/t8-,9+/m0/s1. The molecule has 0 amide bonds. The van der Waals surface area contributed by atoms with Gasteiger partial charge < -0.3 is 14.6 Å². The smallest absolute Gasteiger partial charge is 0.163 e. The molecule has 0 aromatic rings. The molecule has 0 unspecified atom stereocenters. The lowest BCUT2D eigenvalue weighted by Crippen LogP contribution is -2.32. The highest BCUT2D eigenvalue weighted by molar-refractivity contribution is 5.78. The number of aliphatic hydroxyl groups is 1. The number of carbonyl (C=O) groups excluding carboxylic acids is 1. The fraction of sp³-hybridized carbons (Fsp3) is 0.900. The number of rotatable bonds is 4. The third-order valence-electron chi connectivity index (χ3n) is 2.29. The molecule has 2 atom stereocenters. The van der Waals surface area contributed by atoms with Crippen LogP contribution < -0.4 is 0 Å². The van der Waals surface area contributed by atoms with Gasteiger partial charge in [0.2, 0.25) is 0 Å². The SMILES string of the molecule is CCC(=O)C[C@H](O)[C@H]1COC(C)(C)O1. The van der Waals surface area contributed by atoms with Crippen LogP contribution in [0.5, 0.6) is 0 Å². The first-order chi connectivity index (χ1) is 6.44. The summed E-state index contributed by atoms with van der Waals surface area (Å²) in [7, 11) is 0. The van der Waals surface area contributed by atoms with Gasteiger partial charge in [0.15, 0.2) is 5.79 Å². The first-order valence-corrected chi connectivity index (χ1v) is 4.96. The van der Waals surface area contributed by atoms with Crippen molar-refractivity contribution in [2.24, 2.45) is 0 Å². The van der Waals surface area contributed by atoms with Gasteiger partial charge in [-0.25, -0.2) is 0 Å². The van der Waals surface area contributed by atoms with Gasteiger partial charge in [0.1, 0.15) is 11.9 Å². The normalized spacial score (nSPS) is 27.6. The molecule has 1 heterocycles. The highest BCUT2D eigenvalue weighted by Crippen LogP contribution is 2.25. The summed E-state index contributed by atoms with van der Waals surface area (Å²) < 4.78 is 10.7. The number of hydrogen-bond acceptors (Lipinski definition) is 4. The van der Waals surface area contributed by atoms with E-state index in [1.165, 1.54) is 0 Å². The first kappa shape index (κ1) is 11.6. The fourth-order valence-electron chi connectivity index (χ4n) is 1.41. The van der Waals surface area contributed by atoms with Gasteiger partial charge in [0.05, 0.1) is 12.7 Å². The van der Waals surface area contributed by atoms with Crippen LogP contribution in [0.4, 0.5) is 0 Å². The minimum atomic E-state index is -0.746. The van der Waals surface area contributed by atoms with Crippen molar-refractivity contribution in [2.75, 3.05) is 6.61 Å². The van der Waals surface area contributed by atoms with E-state index in [0.717, 1.165) is 0 Å². The van der Waals surface area contributed by atoms with E-state index in [-0.39, 0.29) is 18.3 Å². The van der Waals surface area contributed by atoms with Gasteiger partial charge in [0, 0.05) is 12.8 Å². The lowest BCUT2D eigenvalue weighted by Gasteiger charge is -2.19. The Hall–Kier alpha value is -0.450. The molecule has 4 heteroatoms. The van der Waals surface area contributed by atoms with Crippen LogP contribution in [0.3, 0.4) is 0 Å². The molecule has 1 saturated heterocycles. The third kappa shape index (κ3) is 3.04. The number of aliphatic hydroxyl groups excluding tert-OH is 1. The lowest BCUT2D eigenvalue weighted by molar-refractivity contribution is -0.153. The van der Waals surface area contributed by atoms with E-state index in [9.17, 15) is 9.90 Å². The molecule has 0 aromatic heterocycles. The zero-order valence-corrected chi connectivity index (χ0v) is 8.95. The molecule has 0 saturated carbocycles. The van der Waals surface area contributed by atoms with Crippen molar-refractivity contribution in [3.05, 3.63) is 0 Å². The molecule has 0 aliphatic carbocycles. The maximum Gasteiger partial charge on any atom is 0.163 e. The number of hydrogen-bond donors (Lipinski definition) is 1. The van der Waals surface area contributed by atoms with Crippen molar-refractivity contribution in [1.29, 1.82) is 0 Å². The van der Waals surface area contributed by atoms with E-state index in [1.807, 2.05) is 0 Å². The summed E-state index contributed by atoms with van der Waals surface area (Å²) in [4.78, 5) is 11.1. The minimum Gasteiger partial charge on any atom is -0.390 e. The van der Waals surface area contributed by atoms with Gasteiger partial charge in [-0.1, -0.05) is 6.92 Å². The maximum absolute atomic E-state index is 11.1. The Morgan fingerprint density at radius 2 is 2.29 bits per heavy atom. The van der Waals surface area contributed by atoms with Crippen LogP contribution in [0.25, 0.3) is 0 Å². The van der Waals surface area contributed by atoms with Crippen LogP contribution in [-0.4, -0.2) is 35.5 Å². The van der Waals surface area contributed by atoms with Crippen LogP contribution >= 0.6 is 0 Å². The van der Waals surface area contributed by atoms with Crippen molar-refractivity contribution in [1.82, 2.24) is 0 Å². The van der Waals surface area contributed by atoms with E-state index in [4.69, 9.17) is 9.47 Å². The van der Waals surface area contributed by atoms with Crippen molar-refractivity contribution in [3.8, 4) is 0 Å². The van der Waals surface area contributed by atoms with Crippen molar-refractivity contribution in [3.63, 3.8) is 0 Å². The minimum absolute atomic E-state index is 0.0470. The van der Waals surface area contributed by atoms with E-state index >= 15 is 0 Å². The van der Waals surface area contributed by atoms with Crippen molar-refractivity contribution < 1.29 is 19.4 Å². The maximum atomic E-state index is 11.1. The zero-order valence-electron chi connectivity index (χ0n) is 8.95. The molecule has 14 heavy (non-hydrogen) atoms. The topological polar surface area (TPSA) is 55.8 Å². The third-order valence-corrected chi connectivity index (χ3v) is 2.29. The number of carbonyl (C=O) groups is 1. The molecule has 1 aliphatic heterocycles. The predicted molar refractivity (Wildman–Crippen MR) is 50.8 cm³/mol. The van der Waals surface area contributed by atoms with Gasteiger partial charge in [-0.05, 0) is 13.8 Å². The Balaban J connectivity index is 2.39. The molecular formula is C10H18O4. The molecule has 0 aromatic carbocycles. The highest BCUT2D eigenvalue weighted by atomic mass is 16.7. The number of ketones is 1. The number of ether oxygens (including phenoxy) is 2. The quantitative estimate of drug-likeness (QED) is 0.735. The summed E-state index contributed by atoms with van der Waals surface area (Å²) in [6, 6.07) is 0. The molecule has 1 fully saturated rings. The molecule has 1 rings (SSSR count). The van der Waals surface area contributed by atoms with Gasteiger partial charge in [0.25, 0.3) is 0 Å². The molecule has 0 radical (unpaired) electrons. The number of Topliss-reactive ketones (excluding diaryl/α,β-unsaturated/α-hetero) is 1. The van der Waals surface area contributed by atoms with Crippen molar-refractivity contribution in [2.45, 2.75) is 51.6 Å². The molecule has 82 valence electrons. The Morgan fingerprint density at radius 1 is 1.64 bits per heavy atom. The summed E-state index contributed by atoms with van der Waals surface area (Å²) >= 11 is 0. The molecule has 4 nitrogen and oxygen atoms in total. The van der Waals surface area contributed by atoms with Gasteiger partial charge in [-0.15, -0.1) is 0 Å². The largest absolute Gasteiger partial charge is 0.390 e. The molecule has 1 N–H and O–H groups in total. The molecule has 1 aliphatic rings. The predicted octanol–water partition coefficient (Wildman–Crippen LogP) is 0.868. The second kappa shape index (κ2) is 4.38. The lowest BCUT2D eigenvalue weighted by atomic mass is 10.1. The van der Waals surface area contributed by atoms with Crippen LogP contribution in [0.15, 0.2) is 0 Å². The average Bonchev–Trinajstić information content (AvgIpc) is 2.46. The van der Waals surface area contributed by atoms with E-state index in [2.05, 4.69) is 0 Å². The monoisotopic (exact) mass is 202 g/mol. The summed E-state index contributed by atoms with van der Waals surface area (Å²) in [6.45, 7) is 5.72. The Morgan fingerprint density at radius 3 is 2.71 bits per heavy atom. The van der Waals surface area contributed by atoms with Gasteiger partial charge in [-0.2, -0.15) is 0 Å².